The number of carboxylic acids is 1. The Labute approximate surface area is 170 Å². The van der Waals surface area contributed by atoms with Gasteiger partial charge in [0.2, 0.25) is 0 Å². The third-order valence-electron chi connectivity index (χ3n) is 4.36. The number of aromatic carboxylic acids is 1. The molecule has 3 aromatic carbocycles. The zero-order valence-corrected chi connectivity index (χ0v) is 16.2. The topological polar surface area (TPSA) is 75.2 Å². The van der Waals surface area contributed by atoms with Crippen LogP contribution in [0.15, 0.2) is 54.6 Å². The smallest absolute Gasteiger partial charge is 0.336 e. The second kappa shape index (κ2) is 7.19. The van der Waals surface area contributed by atoms with Crippen molar-refractivity contribution in [2.75, 3.05) is 0 Å². The van der Waals surface area contributed by atoms with Gasteiger partial charge in [0.1, 0.15) is 5.75 Å². The zero-order chi connectivity index (χ0) is 19.8. The van der Waals surface area contributed by atoms with E-state index in [9.17, 15) is 9.90 Å². The number of aromatic nitrogens is 2. The Balaban J connectivity index is 1.69. The molecule has 0 aliphatic carbocycles. The normalized spacial score (nSPS) is 11.0. The molecule has 0 fully saturated rings. The molecule has 1 aromatic heterocycles. The molecular weight excluding hydrogens is 399 g/mol. The molecule has 140 valence electrons. The minimum Gasteiger partial charge on any atom is -0.478 e. The number of hydrogen-bond acceptors (Lipinski definition) is 3. The van der Waals surface area contributed by atoms with E-state index in [4.69, 9.17) is 27.9 Å². The summed E-state index contributed by atoms with van der Waals surface area (Å²) in [6.45, 7) is 1.73. The summed E-state index contributed by atoms with van der Waals surface area (Å²) in [5.74, 6) is -0.627. The molecule has 0 saturated heterocycles. The summed E-state index contributed by atoms with van der Waals surface area (Å²) >= 11 is 12.4. The fraction of sp³-hybridized carbons (Fsp3) is 0.0476. The predicted octanol–water partition coefficient (Wildman–Crippen LogP) is 6.34. The van der Waals surface area contributed by atoms with E-state index in [-0.39, 0.29) is 11.6 Å². The molecule has 0 unspecified atom stereocenters. The Morgan fingerprint density at radius 3 is 2.54 bits per heavy atom. The van der Waals surface area contributed by atoms with Gasteiger partial charge in [0.05, 0.1) is 21.6 Å². The van der Waals surface area contributed by atoms with E-state index in [0.29, 0.717) is 32.4 Å². The van der Waals surface area contributed by atoms with Crippen LogP contribution in [0.4, 0.5) is 0 Å². The number of aryl methyl sites for hydroxylation is 1. The summed E-state index contributed by atoms with van der Waals surface area (Å²) < 4.78 is 5.72. The zero-order valence-electron chi connectivity index (χ0n) is 14.7. The molecule has 4 rings (SSSR count). The van der Waals surface area contributed by atoms with E-state index >= 15 is 0 Å². The van der Waals surface area contributed by atoms with Crippen LogP contribution in [0.25, 0.3) is 22.2 Å². The molecule has 0 amide bonds. The molecule has 2 N–H and O–H groups in total. The van der Waals surface area contributed by atoms with Crippen LogP contribution in [-0.4, -0.2) is 21.0 Å². The van der Waals surface area contributed by atoms with Gasteiger partial charge >= 0.3 is 5.97 Å². The van der Waals surface area contributed by atoms with Gasteiger partial charge < -0.3 is 14.8 Å². The van der Waals surface area contributed by atoms with Crippen molar-refractivity contribution in [3.63, 3.8) is 0 Å². The van der Waals surface area contributed by atoms with Crippen LogP contribution in [-0.2, 0) is 0 Å². The number of ether oxygens (including phenoxy) is 1. The van der Waals surface area contributed by atoms with Crippen LogP contribution in [0, 0.1) is 6.92 Å². The molecule has 4 aromatic rings. The number of imidazole rings is 1. The SMILES string of the molecule is Cc1ccc(Oc2nc3cc(-c4ccc(Cl)cc4)c(Cl)cc3[nH]2)cc1C(=O)O. The summed E-state index contributed by atoms with van der Waals surface area (Å²) in [5.41, 5.74) is 3.97. The lowest BCUT2D eigenvalue weighted by Gasteiger charge is -2.05. The highest BCUT2D eigenvalue weighted by Crippen LogP contribution is 2.33. The van der Waals surface area contributed by atoms with Crippen LogP contribution >= 0.6 is 23.2 Å². The minimum atomic E-state index is -1.01. The third kappa shape index (κ3) is 3.54. The number of benzene rings is 3. The maximum atomic E-state index is 11.3. The first-order valence-electron chi connectivity index (χ1n) is 8.38. The van der Waals surface area contributed by atoms with E-state index in [1.165, 1.54) is 6.07 Å². The number of halogens is 2. The molecule has 1 heterocycles. The van der Waals surface area contributed by atoms with Gasteiger partial charge in [0, 0.05) is 10.6 Å². The number of aromatic amines is 1. The molecule has 0 aliphatic heterocycles. The van der Waals surface area contributed by atoms with Crippen molar-refractivity contribution in [3.8, 4) is 22.9 Å². The van der Waals surface area contributed by atoms with E-state index in [0.717, 1.165) is 11.1 Å². The minimum absolute atomic E-state index is 0.182. The van der Waals surface area contributed by atoms with Gasteiger partial charge in [-0.25, -0.2) is 4.79 Å². The van der Waals surface area contributed by atoms with Crippen LogP contribution in [0.3, 0.4) is 0 Å². The largest absolute Gasteiger partial charge is 0.478 e. The Hall–Kier alpha value is -3.02. The number of hydrogen-bond donors (Lipinski definition) is 2. The van der Waals surface area contributed by atoms with Crippen molar-refractivity contribution in [2.24, 2.45) is 0 Å². The first-order chi connectivity index (χ1) is 13.4. The van der Waals surface area contributed by atoms with Crippen LogP contribution in [0.5, 0.6) is 11.8 Å². The molecule has 5 nitrogen and oxygen atoms in total. The second-order valence-corrected chi connectivity index (χ2v) is 7.13. The highest BCUT2D eigenvalue weighted by Gasteiger charge is 2.13. The molecule has 0 radical (unpaired) electrons. The maximum Gasteiger partial charge on any atom is 0.336 e. The number of nitrogens with one attached hydrogen (secondary N) is 1. The molecule has 7 heteroatoms. The van der Waals surface area contributed by atoms with E-state index in [2.05, 4.69) is 9.97 Å². The Kier molecular flexibility index (Phi) is 4.71. The Morgan fingerprint density at radius 2 is 1.82 bits per heavy atom. The number of fused-ring (bicyclic) bond motifs is 1. The molecule has 0 saturated carbocycles. The maximum absolute atomic E-state index is 11.3. The molecular formula is C21H14Cl2N2O3. The first-order valence-corrected chi connectivity index (χ1v) is 9.13. The second-order valence-electron chi connectivity index (χ2n) is 6.28. The summed E-state index contributed by atoms with van der Waals surface area (Å²) in [5, 5.41) is 10.5. The van der Waals surface area contributed by atoms with Gasteiger partial charge in [-0.15, -0.1) is 0 Å². The van der Waals surface area contributed by atoms with Gasteiger partial charge in [-0.05, 0) is 54.4 Å². The summed E-state index contributed by atoms with van der Waals surface area (Å²) in [6.07, 6.45) is 0. The van der Waals surface area contributed by atoms with Crippen molar-refractivity contribution in [1.82, 2.24) is 9.97 Å². The molecule has 28 heavy (non-hydrogen) atoms. The van der Waals surface area contributed by atoms with E-state index in [1.54, 1.807) is 37.3 Å². The standard InChI is InChI=1S/C21H14Cl2N2O3/c1-11-2-7-14(8-15(11)20(26)27)28-21-24-18-9-16(17(23)10-19(18)25-21)12-3-5-13(22)6-4-12/h2-10H,1H3,(H,24,25)(H,26,27). The molecule has 0 atom stereocenters. The number of H-pyrrole nitrogens is 1. The number of rotatable bonds is 4. The highest BCUT2D eigenvalue weighted by atomic mass is 35.5. The van der Waals surface area contributed by atoms with Gasteiger partial charge in [-0.2, -0.15) is 4.98 Å². The fourth-order valence-corrected chi connectivity index (χ4v) is 3.31. The van der Waals surface area contributed by atoms with Crippen molar-refractivity contribution in [1.29, 1.82) is 0 Å². The molecule has 0 spiro atoms. The molecule has 0 aliphatic rings. The quantitative estimate of drug-likeness (QED) is 0.410. The van der Waals surface area contributed by atoms with Gasteiger partial charge in [-0.3, -0.25) is 0 Å². The summed E-state index contributed by atoms with van der Waals surface area (Å²) in [7, 11) is 0. The lowest BCUT2D eigenvalue weighted by Crippen LogP contribution is -2.00. The number of nitrogens with zero attached hydrogens (tertiary/aromatic N) is 1. The Morgan fingerprint density at radius 1 is 1.07 bits per heavy atom. The predicted molar refractivity (Wildman–Crippen MR) is 110 cm³/mol. The molecule has 0 bridgehead atoms. The fourth-order valence-electron chi connectivity index (χ4n) is 2.91. The van der Waals surface area contributed by atoms with Crippen LogP contribution in [0.2, 0.25) is 10.0 Å². The van der Waals surface area contributed by atoms with E-state index < -0.39 is 5.97 Å². The number of carbonyl (C=O) groups is 1. The van der Waals surface area contributed by atoms with Crippen molar-refractivity contribution >= 4 is 40.2 Å². The summed E-state index contributed by atoms with van der Waals surface area (Å²) in [6, 6.07) is 16.1. The van der Waals surface area contributed by atoms with Crippen LogP contribution < -0.4 is 4.74 Å². The van der Waals surface area contributed by atoms with Crippen LogP contribution in [0.1, 0.15) is 15.9 Å². The Bertz CT molecular complexity index is 1200. The lowest BCUT2D eigenvalue weighted by atomic mass is 10.1. The highest BCUT2D eigenvalue weighted by molar-refractivity contribution is 6.34. The average Bonchev–Trinajstić information content (AvgIpc) is 3.04. The van der Waals surface area contributed by atoms with Crippen molar-refractivity contribution < 1.29 is 14.6 Å². The average molecular weight is 413 g/mol. The third-order valence-corrected chi connectivity index (χ3v) is 4.92. The van der Waals surface area contributed by atoms with Crippen molar-refractivity contribution in [2.45, 2.75) is 6.92 Å². The monoisotopic (exact) mass is 412 g/mol. The van der Waals surface area contributed by atoms with Gasteiger partial charge in [-0.1, -0.05) is 41.4 Å². The van der Waals surface area contributed by atoms with Gasteiger partial charge in [0.15, 0.2) is 0 Å². The lowest BCUT2D eigenvalue weighted by molar-refractivity contribution is 0.0695. The number of carboxylic acid groups (broad SMARTS) is 1. The summed E-state index contributed by atoms with van der Waals surface area (Å²) in [4.78, 5) is 18.8. The van der Waals surface area contributed by atoms with E-state index in [1.807, 2.05) is 18.2 Å². The van der Waals surface area contributed by atoms with Gasteiger partial charge in [0.25, 0.3) is 6.01 Å². The van der Waals surface area contributed by atoms with Crippen molar-refractivity contribution in [3.05, 3.63) is 75.8 Å². The first kappa shape index (κ1) is 18.3.